The van der Waals surface area contributed by atoms with Crippen LogP contribution in [0.1, 0.15) is 30.4 Å². The summed E-state index contributed by atoms with van der Waals surface area (Å²) in [7, 11) is 0. The van der Waals surface area contributed by atoms with Crippen LogP contribution >= 0.6 is 0 Å². The molecule has 0 N–H and O–H groups in total. The molecule has 0 atom stereocenters. The van der Waals surface area contributed by atoms with Crippen LogP contribution in [0.5, 0.6) is 0 Å². The van der Waals surface area contributed by atoms with Gasteiger partial charge in [0.2, 0.25) is 0 Å². The number of benzene rings is 3. The average Bonchev–Trinajstić information content (AvgIpc) is 2.69. The van der Waals surface area contributed by atoms with E-state index in [0.717, 1.165) is 30.4 Å². The van der Waals surface area contributed by atoms with Gasteiger partial charge in [-0.2, -0.15) is 0 Å². The summed E-state index contributed by atoms with van der Waals surface area (Å²) in [5.74, 6) is -1.31. The van der Waals surface area contributed by atoms with Gasteiger partial charge in [0.15, 0.2) is 0 Å². The second kappa shape index (κ2) is 8.37. The molecule has 1 aliphatic rings. The number of hydrogen-bond donors (Lipinski definition) is 0. The Balaban J connectivity index is 0.00000210. The van der Waals surface area contributed by atoms with E-state index in [9.17, 15) is 8.78 Å². The Morgan fingerprint density at radius 3 is 1.93 bits per heavy atom. The Labute approximate surface area is 173 Å². The molecule has 1 aliphatic heterocycles. The number of nitrogens with zero attached hydrogens (tertiary/aromatic N) is 1. The Bertz CT molecular complexity index is 844. The van der Waals surface area contributed by atoms with Gasteiger partial charge in [0.05, 0.1) is 5.54 Å². The molecule has 4 rings (SSSR count). The first-order valence-electron chi connectivity index (χ1n) is 8.98. The van der Waals surface area contributed by atoms with Gasteiger partial charge in [0.1, 0.15) is 0 Å². The second-order valence-electron chi connectivity index (χ2n) is 6.71. The van der Waals surface area contributed by atoms with Crippen molar-refractivity contribution in [2.75, 3.05) is 11.4 Å². The molecule has 3 aromatic rings. The summed E-state index contributed by atoms with van der Waals surface area (Å²) in [4.78, 5) is 2.09. The molecule has 0 bridgehead atoms. The van der Waals surface area contributed by atoms with Crippen molar-refractivity contribution in [3.63, 3.8) is 0 Å². The molecule has 27 heavy (non-hydrogen) atoms. The maximum atomic E-state index is 14.7. The molecular weight excluding hydrogens is 376 g/mol. The quantitative estimate of drug-likeness (QED) is 0.406. The van der Waals surface area contributed by atoms with Gasteiger partial charge in [0, 0.05) is 39.9 Å². The van der Waals surface area contributed by atoms with E-state index in [-0.39, 0.29) is 21.7 Å². The fourth-order valence-electron chi connectivity index (χ4n) is 4.14. The zero-order valence-corrected chi connectivity index (χ0v) is 16.5. The number of halogens is 2. The van der Waals surface area contributed by atoms with Crippen LogP contribution in [0, 0.1) is 17.7 Å². The van der Waals surface area contributed by atoms with Crippen molar-refractivity contribution >= 4 is 5.69 Å². The first kappa shape index (κ1) is 19.8. The monoisotopic (exact) mass is 396 g/mol. The van der Waals surface area contributed by atoms with Crippen molar-refractivity contribution in [3.8, 4) is 0 Å². The summed E-state index contributed by atoms with van der Waals surface area (Å²) in [6.07, 6.45) is 2.89. The molecule has 0 spiro atoms. The molecule has 0 aliphatic carbocycles. The third-order valence-corrected chi connectivity index (χ3v) is 5.27. The molecule has 1 fully saturated rings. The molecule has 1 heterocycles. The standard InChI is InChI=1S/C23H20F2N.Ti/c24-20-13-14-22(21(25)17-20)26-16-8-7-15-23(26,18-9-3-1-4-10-18)19-11-5-2-6-12-19;/h1-6,9-14H,7-8,15-16H2;/q-1;. The fourth-order valence-corrected chi connectivity index (χ4v) is 4.14. The molecule has 0 saturated carbocycles. The Hall–Kier alpha value is -1.97. The number of piperidine rings is 1. The molecule has 0 unspecified atom stereocenters. The van der Waals surface area contributed by atoms with Crippen molar-refractivity contribution in [2.24, 2.45) is 0 Å². The van der Waals surface area contributed by atoms with Gasteiger partial charge in [-0.15, -0.1) is 18.2 Å². The summed E-state index contributed by atoms with van der Waals surface area (Å²) in [6.45, 7) is 0.709. The zero-order valence-electron chi connectivity index (χ0n) is 15.0. The van der Waals surface area contributed by atoms with Crippen molar-refractivity contribution in [3.05, 3.63) is 102 Å². The molecule has 136 valence electrons. The van der Waals surface area contributed by atoms with Gasteiger partial charge in [0.25, 0.3) is 0 Å². The molecular formula is C23H20F2NTi-. The van der Waals surface area contributed by atoms with Crippen LogP contribution in [0.3, 0.4) is 0 Å². The Kier molecular flexibility index (Phi) is 6.13. The van der Waals surface area contributed by atoms with Crippen molar-refractivity contribution in [1.29, 1.82) is 0 Å². The first-order valence-corrected chi connectivity index (χ1v) is 8.98. The smallest absolute Gasteiger partial charge is 0.0803 e. The summed E-state index contributed by atoms with van der Waals surface area (Å²) in [5.41, 5.74) is 2.16. The molecule has 0 amide bonds. The maximum absolute atomic E-state index is 14.7. The molecule has 0 aromatic heterocycles. The van der Waals surface area contributed by atoms with E-state index in [1.54, 1.807) is 0 Å². The van der Waals surface area contributed by atoms with Crippen LogP contribution in [0.15, 0.2) is 72.8 Å². The summed E-state index contributed by atoms with van der Waals surface area (Å²) in [5, 5.41) is 0. The summed E-state index contributed by atoms with van der Waals surface area (Å²) in [6, 6.07) is 25.4. The molecule has 1 saturated heterocycles. The minimum absolute atomic E-state index is 0. The van der Waals surface area contributed by atoms with Crippen LogP contribution in [-0.4, -0.2) is 6.54 Å². The summed E-state index contributed by atoms with van der Waals surface area (Å²) >= 11 is 0. The van der Waals surface area contributed by atoms with Gasteiger partial charge in [-0.05, 0) is 36.1 Å². The van der Waals surface area contributed by atoms with E-state index in [1.807, 2.05) is 36.4 Å². The minimum Gasteiger partial charge on any atom is -0.409 e. The van der Waals surface area contributed by atoms with E-state index in [2.05, 4.69) is 35.2 Å². The third kappa shape index (κ3) is 3.59. The van der Waals surface area contributed by atoms with Gasteiger partial charge in [-0.3, -0.25) is 0 Å². The van der Waals surface area contributed by atoms with Crippen LogP contribution < -0.4 is 4.90 Å². The summed E-state index contributed by atoms with van der Waals surface area (Å²) < 4.78 is 28.1. The van der Waals surface area contributed by atoms with E-state index in [1.165, 1.54) is 12.1 Å². The second-order valence-corrected chi connectivity index (χ2v) is 6.71. The van der Waals surface area contributed by atoms with Gasteiger partial charge < -0.3 is 4.90 Å². The zero-order chi connectivity index (χ0) is 18.0. The number of hydrogen-bond acceptors (Lipinski definition) is 1. The predicted molar refractivity (Wildman–Crippen MR) is 100 cm³/mol. The van der Waals surface area contributed by atoms with Crippen LogP contribution in [-0.2, 0) is 27.3 Å². The number of rotatable bonds is 3. The minimum atomic E-state index is -0.673. The molecule has 0 radical (unpaired) electrons. The van der Waals surface area contributed by atoms with Crippen LogP contribution in [0.25, 0.3) is 0 Å². The number of anilines is 1. The Morgan fingerprint density at radius 2 is 1.37 bits per heavy atom. The van der Waals surface area contributed by atoms with Gasteiger partial charge in [-0.1, -0.05) is 60.7 Å². The normalized spacial score (nSPS) is 15.9. The van der Waals surface area contributed by atoms with E-state index in [0.29, 0.717) is 12.2 Å². The van der Waals surface area contributed by atoms with Gasteiger partial charge >= 0.3 is 0 Å². The predicted octanol–water partition coefficient (Wildman–Crippen LogP) is 5.70. The van der Waals surface area contributed by atoms with E-state index < -0.39 is 17.2 Å². The van der Waals surface area contributed by atoms with Crippen LogP contribution in [0.4, 0.5) is 14.5 Å². The van der Waals surface area contributed by atoms with Crippen molar-refractivity contribution in [2.45, 2.75) is 24.8 Å². The molecule has 4 heteroatoms. The van der Waals surface area contributed by atoms with Crippen LogP contribution in [0.2, 0.25) is 0 Å². The first-order chi connectivity index (χ1) is 12.7. The maximum Gasteiger partial charge on any atom is 0.0803 e. The third-order valence-electron chi connectivity index (χ3n) is 5.27. The largest absolute Gasteiger partial charge is 0.409 e. The molecule has 1 nitrogen and oxygen atoms in total. The van der Waals surface area contributed by atoms with E-state index in [4.69, 9.17) is 0 Å². The fraction of sp³-hybridized carbons (Fsp3) is 0.217. The Morgan fingerprint density at radius 1 is 0.778 bits per heavy atom. The van der Waals surface area contributed by atoms with E-state index >= 15 is 0 Å². The van der Waals surface area contributed by atoms with Crippen molar-refractivity contribution < 1.29 is 30.5 Å². The topological polar surface area (TPSA) is 3.24 Å². The van der Waals surface area contributed by atoms with Gasteiger partial charge in [-0.25, -0.2) is 8.78 Å². The van der Waals surface area contributed by atoms with Crippen molar-refractivity contribution in [1.82, 2.24) is 0 Å². The average molecular weight is 396 g/mol. The SMILES string of the molecule is Fc1[c-]c(F)c(N2CCCCC2(c2ccccc2)c2ccccc2)cc1.[Ti]. The molecule has 3 aromatic carbocycles.